The Hall–Kier alpha value is -3.49. The van der Waals surface area contributed by atoms with Gasteiger partial charge < -0.3 is 24.8 Å². The van der Waals surface area contributed by atoms with Crippen molar-refractivity contribution in [2.75, 3.05) is 51.8 Å². The van der Waals surface area contributed by atoms with Gasteiger partial charge in [0.25, 0.3) is 6.02 Å². The first kappa shape index (κ1) is 31.5. The molecule has 2 amide bonds. The minimum Gasteiger partial charge on any atom is -0.464 e. The van der Waals surface area contributed by atoms with Crippen LogP contribution in [0.2, 0.25) is 0 Å². The Morgan fingerprint density at radius 1 is 1.27 bits per heavy atom. The molecule has 6 atom stereocenters. The van der Waals surface area contributed by atoms with Crippen LogP contribution < -0.4 is 10.2 Å². The van der Waals surface area contributed by atoms with Crippen molar-refractivity contribution in [2.45, 2.75) is 87.5 Å². The number of anilines is 1. The highest BCUT2D eigenvalue weighted by molar-refractivity contribution is 6.08. The smallest absolute Gasteiger partial charge is 0.286 e. The number of hydrogen-bond acceptors (Lipinski definition) is 8. The molecule has 0 aromatic heterocycles. The number of ether oxygens (including phenoxy) is 1. The second-order valence-corrected chi connectivity index (χ2v) is 13.6. The number of para-hydroxylation sites is 1. The first-order valence-corrected chi connectivity index (χ1v) is 16.5. The molecule has 10 nitrogen and oxygen atoms in total. The van der Waals surface area contributed by atoms with Crippen LogP contribution in [0.3, 0.4) is 0 Å². The topological polar surface area (TPSA) is 105 Å². The van der Waals surface area contributed by atoms with Gasteiger partial charge in [-0.15, -0.1) is 0 Å². The molecule has 4 heterocycles. The number of benzene rings is 1. The number of likely N-dealkylation sites (tertiary alicyclic amines) is 1. The quantitative estimate of drug-likeness (QED) is 0.467. The number of piperazine rings is 1. The lowest BCUT2D eigenvalue weighted by molar-refractivity contribution is -0.132. The van der Waals surface area contributed by atoms with Crippen LogP contribution in [-0.2, 0) is 19.7 Å². The van der Waals surface area contributed by atoms with Gasteiger partial charge in [-0.2, -0.15) is 5.26 Å². The summed E-state index contributed by atoms with van der Waals surface area (Å²) in [5, 5.41) is 13.4. The molecule has 242 valence electrons. The fourth-order valence-corrected chi connectivity index (χ4v) is 9.02. The second kappa shape index (κ2) is 12.4. The van der Waals surface area contributed by atoms with E-state index in [0.717, 1.165) is 37.8 Å². The molecule has 1 aromatic rings. The number of nitrogens with zero attached hydrogens (tertiary/aromatic N) is 6. The third-order valence-electron chi connectivity index (χ3n) is 11.2. The van der Waals surface area contributed by atoms with Crippen molar-refractivity contribution in [3.8, 4) is 6.07 Å². The van der Waals surface area contributed by atoms with Crippen LogP contribution in [0.4, 0.5) is 10.1 Å². The van der Waals surface area contributed by atoms with Gasteiger partial charge in [0.15, 0.2) is 0 Å². The molecule has 2 saturated heterocycles. The van der Waals surface area contributed by atoms with Gasteiger partial charge >= 0.3 is 0 Å². The summed E-state index contributed by atoms with van der Waals surface area (Å²) in [6.45, 7) is 8.98. The molecule has 3 fully saturated rings. The van der Waals surface area contributed by atoms with E-state index in [-0.39, 0.29) is 42.2 Å². The number of fused-ring (bicyclic) bond motifs is 3. The molecule has 1 aliphatic carbocycles. The largest absolute Gasteiger partial charge is 0.464 e. The Kier molecular flexibility index (Phi) is 8.65. The third-order valence-corrected chi connectivity index (χ3v) is 11.2. The first-order chi connectivity index (χ1) is 21.7. The standard InChI is InChI=1S/C34H46FN7O3/c1-5-14-34-22-33(25-10-7-11-27(35)29(25)40(4)31(33)44)15-12-26(34)30(37-32(38-34)45-21-24-9-8-17-39(24)3)41-18-19-42(28(43)6-2)23(20-41)13-16-36/h6-7,10-11,23-24,26,30H,2,5,8-9,12-15,17-22H2,1,3-4H3,(H,37,38)/t23-,24-,26?,30?,33+,34?/m1/s1. The van der Waals surface area contributed by atoms with Gasteiger partial charge in [0.2, 0.25) is 11.8 Å². The van der Waals surface area contributed by atoms with Gasteiger partial charge in [0.05, 0.1) is 29.6 Å². The molecule has 1 spiro atoms. The molecule has 6 rings (SSSR count). The average Bonchev–Trinajstić information content (AvgIpc) is 3.54. The van der Waals surface area contributed by atoms with Crippen LogP contribution in [0, 0.1) is 23.1 Å². The van der Waals surface area contributed by atoms with Crippen LogP contribution in [-0.4, -0.2) is 103 Å². The van der Waals surface area contributed by atoms with Crippen LogP contribution in [0.1, 0.15) is 63.9 Å². The summed E-state index contributed by atoms with van der Waals surface area (Å²) in [5.74, 6) is -0.547. The maximum absolute atomic E-state index is 15.2. The third kappa shape index (κ3) is 5.30. The van der Waals surface area contributed by atoms with Crippen molar-refractivity contribution in [1.29, 1.82) is 5.26 Å². The Morgan fingerprint density at radius 2 is 2.09 bits per heavy atom. The molecule has 1 N–H and O–H groups in total. The molecule has 1 saturated carbocycles. The van der Waals surface area contributed by atoms with E-state index in [4.69, 9.17) is 9.73 Å². The van der Waals surface area contributed by atoms with Crippen molar-refractivity contribution in [1.82, 2.24) is 20.0 Å². The highest BCUT2D eigenvalue weighted by Gasteiger charge is 2.62. The van der Waals surface area contributed by atoms with Crippen LogP contribution >= 0.6 is 0 Å². The number of likely N-dealkylation sites (N-methyl/N-ethyl adjacent to an activating group) is 2. The molecular weight excluding hydrogens is 573 g/mol. The monoisotopic (exact) mass is 619 g/mol. The summed E-state index contributed by atoms with van der Waals surface area (Å²) in [5.41, 5.74) is -0.219. The number of rotatable bonds is 7. The van der Waals surface area contributed by atoms with Gasteiger partial charge in [0.1, 0.15) is 18.6 Å². The lowest BCUT2D eigenvalue weighted by atomic mass is 9.56. The van der Waals surface area contributed by atoms with Crippen LogP contribution in [0.15, 0.2) is 35.8 Å². The maximum atomic E-state index is 15.2. The highest BCUT2D eigenvalue weighted by Crippen LogP contribution is 2.57. The van der Waals surface area contributed by atoms with Crippen molar-refractivity contribution in [2.24, 2.45) is 10.9 Å². The predicted molar refractivity (Wildman–Crippen MR) is 170 cm³/mol. The number of carbonyl (C=O) groups is 2. The highest BCUT2D eigenvalue weighted by atomic mass is 19.1. The molecular formula is C34H46FN7O3. The minimum absolute atomic E-state index is 0.0460. The number of nitriles is 1. The molecule has 3 unspecified atom stereocenters. The summed E-state index contributed by atoms with van der Waals surface area (Å²) in [6, 6.07) is 7.85. The zero-order valence-corrected chi connectivity index (χ0v) is 26.8. The van der Waals surface area contributed by atoms with E-state index in [0.29, 0.717) is 63.3 Å². The predicted octanol–water partition coefficient (Wildman–Crippen LogP) is 3.39. The summed E-state index contributed by atoms with van der Waals surface area (Å²) in [7, 11) is 3.81. The van der Waals surface area contributed by atoms with E-state index in [1.54, 1.807) is 18.0 Å². The molecule has 0 radical (unpaired) electrons. The molecule has 4 aliphatic heterocycles. The molecule has 45 heavy (non-hydrogen) atoms. The fourth-order valence-electron chi connectivity index (χ4n) is 9.02. The number of carbonyl (C=O) groups excluding carboxylic acids is 2. The SMILES string of the molecule is C=CC(=O)N1CCN(C2N=C(OC[C@H]3CCCN3C)NC3(CCC)C[C@]4(CCC23)C(=O)N(C)c2c(F)cccc24)C[C@H]1CC#N. The maximum Gasteiger partial charge on any atom is 0.286 e. The van der Waals surface area contributed by atoms with Crippen LogP contribution in [0.25, 0.3) is 0 Å². The van der Waals surface area contributed by atoms with E-state index in [1.807, 2.05) is 6.07 Å². The summed E-state index contributed by atoms with van der Waals surface area (Å²) < 4.78 is 21.7. The minimum atomic E-state index is -0.845. The first-order valence-electron chi connectivity index (χ1n) is 16.5. The number of aliphatic imine (C=N–C) groups is 1. The zero-order valence-electron chi connectivity index (χ0n) is 26.8. The summed E-state index contributed by atoms with van der Waals surface area (Å²) in [4.78, 5) is 39.9. The molecule has 0 bridgehead atoms. The summed E-state index contributed by atoms with van der Waals surface area (Å²) in [6.07, 6.45) is 6.97. The molecule has 1 aromatic carbocycles. The zero-order chi connectivity index (χ0) is 31.9. The Labute approximate surface area is 265 Å². The second-order valence-electron chi connectivity index (χ2n) is 13.6. The van der Waals surface area contributed by atoms with E-state index >= 15 is 4.39 Å². The van der Waals surface area contributed by atoms with Crippen molar-refractivity contribution >= 4 is 23.5 Å². The van der Waals surface area contributed by atoms with E-state index in [1.165, 1.54) is 17.0 Å². The number of hydrogen-bond donors (Lipinski definition) is 1. The normalized spacial score (nSPS) is 33.3. The van der Waals surface area contributed by atoms with Gasteiger partial charge in [-0.05, 0) is 69.8 Å². The van der Waals surface area contributed by atoms with E-state index in [2.05, 4.69) is 41.7 Å². The van der Waals surface area contributed by atoms with Crippen molar-refractivity contribution in [3.05, 3.63) is 42.2 Å². The van der Waals surface area contributed by atoms with Crippen molar-refractivity contribution in [3.63, 3.8) is 0 Å². The van der Waals surface area contributed by atoms with Gasteiger partial charge in [-0.25, -0.2) is 9.38 Å². The van der Waals surface area contributed by atoms with Crippen molar-refractivity contribution < 1.29 is 18.7 Å². The number of nitrogens with one attached hydrogen (secondary N) is 1. The van der Waals surface area contributed by atoms with E-state index in [9.17, 15) is 14.9 Å². The lowest BCUT2D eigenvalue weighted by Crippen LogP contribution is -2.70. The summed E-state index contributed by atoms with van der Waals surface area (Å²) >= 11 is 0. The molecule has 11 heteroatoms. The van der Waals surface area contributed by atoms with Gasteiger partial charge in [-0.3, -0.25) is 14.5 Å². The average molecular weight is 620 g/mol. The number of halogens is 1. The Morgan fingerprint density at radius 3 is 2.80 bits per heavy atom. The number of amides is 2. The Bertz CT molecular complexity index is 1410. The fraction of sp³-hybridized carbons (Fsp3) is 0.647. The van der Waals surface area contributed by atoms with Gasteiger partial charge in [0, 0.05) is 44.2 Å². The van der Waals surface area contributed by atoms with E-state index < -0.39 is 11.0 Å². The van der Waals surface area contributed by atoms with Crippen LogP contribution in [0.5, 0.6) is 0 Å². The lowest BCUT2D eigenvalue weighted by Gasteiger charge is -2.57. The Balaban J connectivity index is 1.37. The van der Waals surface area contributed by atoms with Gasteiger partial charge in [-0.1, -0.05) is 32.1 Å². The number of amidine groups is 1. The molecule has 5 aliphatic rings.